The predicted octanol–water partition coefficient (Wildman–Crippen LogP) is 2.84. The summed E-state index contributed by atoms with van der Waals surface area (Å²) in [5, 5.41) is 10.1. The largest absolute Gasteiger partial charge is 0.349 e. The van der Waals surface area contributed by atoms with Gasteiger partial charge < -0.3 is 15.1 Å². The Kier molecular flexibility index (Phi) is 6.11. The maximum Gasteiger partial charge on any atom is 0.321 e. The third kappa shape index (κ3) is 4.87. The van der Waals surface area contributed by atoms with E-state index in [0.717, 1.165) is 36.3 Å². The number of anilines is 1. The second kappa shape index (κ2) is 8.70. The van der Waals surface area contributed by atoms with E-state index in [-0.39, 0.29) is 11.9 Å². The van der Waals surface area contributed by atoms with Crippen LogP contribution in [-0.4, -0.2) is 59.1 Å². The number of hydrogen-bond acceptors (Lipinski definition) is 3. The second-order valence-corrected chi connectivity index (χ2v) is 7.17. The van der Waals surface area contributed by atoms with Crippen molar-refractivity contribution in [3.05, 3.63) is 47.8 Å². The highest BCUT2D eigenvalue weighted by atomic mass is 16.2. The first-order valence-corrected chi connectivity index (χ1v) is 9.38. The van der Waals surface area contributed by atoms with Gasteiger partial charge in [-0.2, -0.15) is 5.10 Å². The number of para-hydroxylation sites is 1. The molecule has 0 spiro atoms. The number of nitrogens with zero attached hydrogens (tertiary/aromatic N) is 3. The molecule has 0 bridgehead atoms. The molecule has 1 aliphatic rings. The van der Waals surface area contributed by atoms with Crippen molar-refractivity contribution in [1.29, 1.82) is 0 Å². The van der Waals surface area contributed by atoms with Gasteiger partial charge in [0.25, 0.3) is 0 Å². The van der Waals surface area contributed by atoms with Crippen LogP contribution in [0.4, 0.5) is 10.5 Å². The molecule has 27 heavy (non-hydrogen) atoms. The van der Waals surface area contributed by atoms with Crippen molar-refractivity contribution in [3.8, 4) is 0 Å². The van der Waals surface area contributed by atoms with Crippen LogP contribution in [0.1, 0.15) is 36.4 Å². The van der Waals surface area contributed by atoms with Crippen LogP contribution in [0.2, 0.25) is 0 Å². The molecule has 1 atom stereocenters. The molecule has 0 unspecified atom stereocenters. The lowest BCUT2D eigenvalue weighted by Gasteiger charge is -2.32. The molecule has 1 fully saturated rings. The number of piperidine rings is 1. The van der Waals surface area contributed by atoms with Crippen LogP contribution in [0.15, 0.2) is 36.5 Å². The first-order valence-electron chi connectivity index (χ1n) is 9.38. The summed E-state index contributed by atoms with van der Waals surface area (Å²) in [6.45, 7) is 1.42. The highest BCUT2D eigenvalue weighted by molar-refractivity contribution is 5.90. The van der Waals surface area contributed by atoms with Crippen molar-refractivity contribution >= 4 is 17.6 Å². The number of nitrogens with one attached hydrogen (secondary N) is 2. The van der Waals surface area contributed by atoms with Crippen molar-refractivity contribution in [2.45, 2.75) is 31.6 Å². The molecule has 1 saturated heterocycles. The SMILES string of the molecule is CN(C)C(=O)CCc1ccccc1NC(=O)N1CCC[C@@H](c2ccn[nH]2)C1. The third-order valence-electron chi connectivity index (χ3n) is 5.04. The molecule has 3 amide bonds. The first-order chi connectivity index (χ1) is 13.0. The Hall–Kier alpha value is -2.83. The summed E-state index contributed by atoms with van der Waals surface area (Å²) in [5.41, 5.74) is 2.83. The number of carbonyl (C=O) groups excluding carboxylic acids is 2. The molecule has 7 nitrogen and oxygen atoms in total. The Morgan fingerprint density at radius 1 is 1.30 bits per heavy atom. The molecule has 3 rings (SSSR count). The van der Waals surface area contributed by atoms with Crippen molar-refractivity contribution < 1.29 is 9.59 Å². The van der Waals surface area contributed by atoms with Gasteiger partial charge >= 0.3 is 6.03 Å². The van der Waals surface area contributed by atoms with Crippen molar-refractivity contribution in [2.24, 2.45) is 0 Å². The monoisotopic (exact) mass is 369 g/mol. The number of aromatic nitrogens is 2. The average Bonchev–Trinajstić information content (AvgIpc) is 3.22. The normalized spacial score (nSPS) is 16.8. The number of rotatable bonds is 5. The molecule has 0 radical (unpaired) electrons. The summed E-state index contributed by atoms with van der Waals surface area (Å²) in [7, 11) is 3.50. The molecule has 1 aliphatic heterocycles. The average molecular weight is 369 g/mol. The van der Waals surface area contributed by atoms with E-state index in [2.05, 4.69) is 15.5 Å². The molecule has 2 N–H and O–H groups in total. The predicted molar refractivity (Wildman–Crippen MR) is 105 cm³/mol. The standard InChI is InChI=1S/C20H27N5O2/c1-24(2)19(26)10-9-15-6-3-4-8-17(15)22-20(27)25-13-5-7-16(14-25)18-11-12-21-23-18/h3-4,6,8,11-12,16H,5,7,9-10,13-14H2,1-2H3,(H,21,23)(H,22,27)/t16-/m1/s1. The lowest BCUT2D eigenvalue weighted by atomic mass is 9.95. The second-order valence-electron chi connectivity index (χ2n) is 7.17. The summed E-state index contributed by atoms with van der Waals surface area (Å²) < 4.78 is 0. The summed E-state index contributed by atoms with van der Waals surface area (Å²) >= 11 is 0. The van der Waals surface area contributed by atoms with E-state index in [1.807, 2.05) is 35.2 Å². The highest BCUT2D eigenvalue weighted by Gasteiger charge is 2.25. The number of aryl methyl sites for hydroxylation is 1. The Labute approximate surface area is 159 Å². The summed E-state index contributed by atoms with van der Waals surface area (Å²) in [6.07, 6.45) is 4.79. The Morgan fingerprint density at radius 2 is 2.11 bits per heavy atom. The number of hydrogen-bond donors (Lipinski definition) is 2. The van der Waals surface area contributed by atoms with Crippen LogP contribution >= 0.6 is 0 Å². The number of benzene rings is 1. The van der Waals surface area contributed by atoms with E-state index >= 15 is 0 Å². The van der Waals surface area contributed by atoms with Gasteiger partial charge in [-0.15, -0.1) is 0 Å². The number of urea groups is 1. The first kappa shape index (κ1) is 18.9. The van der Waals surface area contributed by atoms with E-state index in [1.165, 1.54) is 0 Å². The zero-order valence-electron chi connectivity index (χ0n) is 15.9. The van der Waals surface area contributed by atoms with Gasteiger partial charge in [-0.1, -0.05) is 18.2 Å². The minimum atomic E-state index is -0.0920. The van der Waals surface area contributed by atoms with Crippen LogP contribution < -0.4 is 5.32 Å². The van der Waals surface area contributed by atoms with Crippen LogP contribution in [0.5, 0.6) is 0 Å². The Balaban J connectivity index is 1.63. The van der Waals surface area contributed by atoms with Gasteiger partial charge in [-0.3, -0.25) is 9.89 Å². The van der Waals surface area contributed by atoms with Gasteiger partial charge in [0.05, 0.1) is 0 Å². The molecule has 2 aromatic rings. The number of aromatic amines is 1. The Morgan fingerprint density at radius 3 is 2.85 bits per heavy atom. The molecular weight excluding hydrogens is 342 g/mol. The lowest BCUT2D eigenvalue weighted by molar-refractivity contribution is -0.128. The summed E-state index contributed by atoms with van der Waals surface area (Å²) in [5.74, 6) is 0.370. The quantitative estimate of drug-likeness (QED) is 0.850. The minimum Gasteiger partial charge on any atom is -0.349 e. The fourth-order valence-corrected chi connectivity index (χ4v) is 3.43. The maximum absolute atomic E-state index is 12.8. The van der Waals surface area contributed by atoms with E-state index in [0.29, 0.717) is 25.3 Å². The minimum absolute atomic E-state index is 0.0783. The smallest absolute Gasteiger partial charge is 0.321 e. The van der Waals surface area contributed by atoms with Gasteiger partial charge in [0.15, 0.2) is 0 Å². The van der Waals surface area contributed by atoms with Crippen molar-refractivity contribution in [1.82, 2.24) is 20.0 Å². The number of likely N-dealkylation sites (tertiary alicyclic amines) is 1. The van der Waals surface area contributed by atoms with Crippen molar-refractivity contribution in [3.63, 3.8) is 0 Å². The fraction of sp³-hybridized carbons (Fsp3) is 0.450. The molecule has 1 aromatic carbocycles. The third-order valence-corrected chi connectivity index (χ3v) is 5.04. The molecule has 2 heterocycles. The van der Waals surface area contributed by atoms with E-state index < -0.39 is 0 Å². The zero-order valence-corrected chi connectivity index (χ0v) is 15.9. The zero-order chi connectivity index (χ0) is 19.2. The summed E-state index contributed by atoms with van der Waals surface area (Å²) in [4.78, 5) is 28.1. The topological polar surface area (TPSA) is 81.3 Å². The number of carbonyl (C=O) groups is 2. The van der Waals surface area contributed by atoms with Crippen LogP contribution in [0.25, 0.3) is 0 Å². The highest BCUT2D eigenvalue weighted by Crippen LogP contribution is 2.26. The van der Waals surface area contributed by atoms with E-state index in [4.69, 9.17) is 0 Å². The fourth-order valence-electron chi connectivity index (χ4n) is 3.43. The number of amides is 3. The lowest BCUT2D eigenvalue weighted by Crippen LogP contribution is -2.41. The molecule has 0 saturated carbocycles. The van der Waals surface area contributed by atoms with E-state index in [1.54, 1.807) is 25.2 Å². The summed E-state index contributed by atoms with van der Waals surface area (Å²) in [6, 6.07) is 9.57. The van der Waals surface area contributed by atoms with Gasteiger partial charge in [0, 0.05) is 57.1 Å². The molecule has 0 aliphatic carbocycles. The van der Waals surface area contributed by atoms with Gasteiger partial charge in [0.1, 0.15) is 0 Å². The van der Waals surface area contributed by atoms with Crippen LogP contribution in [0, 0.1) is 0 Å². The van der Waals surface area contributed by atoms with Crippen LogP contribution in [-0.2, 0) is 11.2 Å². The molecule has 144 valence electrons. The number of H-pyrrole nitrogens is 1. The Bertz CT molecular complexity index is 772. The van der Waals surface area contributed by atoms with E-state index in [9.17, 15) is 9.59 Å². The molecule has 1 aromatic heterocycles. The van der Waals surface area contributed by atoms with Gasteiger partial charge in [-0.05, 0) is 37.0 Å². The van der Waals surface area contributed by atoms with Gasteiger partial charge in [-0.25, -0.2) is 4.79 Å². The van der Waals surface area contributed by atoms with Crippen molar-refractivity contribution in [2.75, 3.05) is 32.5 Å². The van der Waals surface area contributed by atoms with Crippen LogP contribution in [0.3, 0.4) is 0 Å². The molecular formula is C20H27N5O2. The molecule has 7 heteroatoms. The van der Waals surface area contributed by atoms with Gasteiger partial charge in [0.2, 0.25) is 5.91 Å². The maximum atomic E-state index is 12.8.